The Hall–Kier alpha value is -2.07. The Bertz CT molecular complexity index is 643. The van der Waals surface area contributed by atoms with Crippen molar-refractivity contribution in [1.82, 2.24) is 0 Å². The minimum atomic E-state index is -0.460. The molecule has 0 bridgehead atoms. The largest absolute Gasteiger partial charge is 0.398 e. The molecule has 0 atom stereocenters. The molecule has 0 aliphatic heterocycles. The maximum Gasteiger partial charge on any atom is 0.257 e. The van der Waals surface area contributed by atoms with E-state index in [4.69, 9.17) is 17.3 Å². The molecule has 0 unspecified atom stereocenters. The topological polar surface area (TPSA) is 55.1 Å². The molecule has 5 heteroatoms. The molecule has 1 amide bonds. The van der Waals surface area contributed by atoms with Crippen molar-refractivity contribution in [2.45, 2.75) is 6.92 Å². The molecule has 0 heterocycles. The first-order valence-corrected chi connectivity index (χ1v) is 5.97. The molecule has 2 rings (SSSR count). The lowest BCUT2D eigenvalue weighted by Crippen LogP contribution is -2.14. The zero-order valence-corrected chi connectivity index (χ0v) is 11.0. The van der Waals surface area contributed by atoms with Gasteiger partial charge in [-0.2, -0.15) is 0 Å². The SMILES string of the molecule is Cc1ccc(N)c(C(=O)Nc2ccc(F)cc2Cl)c1. The number of amides is 1. The average Bonchev–Trinajstić information content (AvgIpc) is 2.35. The molecule has 3 N–H and O–H groups in total. The number of aryl methyl sites for hydroxylation is 1. The van der Waals surface area contributed by atoms with E-state index in [0.717, 1.165) is 11.6 Å². The van der Waals surface area contributed by atoms with Crippen molar-refractivity contribution >= 4 is 28.9 Å². The molecule has 98 valence electrons. The van der Waals surface area contributed by atoms with Crippen LogP contribution in [0.2, 0.25) is 5.02 Å². The predicted octanol–water partition coefficient (Wildman–Crippen LogP) is 3.62. The Morgan fingerprint density at radius 3 is 2.68 bits per heavy atom. The van der Waals surface area contributed by atoms with Crippen LogP contribution < -0.4 is 11.1 Å². The second-order valence-corrected chi connectivity index (χ2v) is 4.58. The van der Waals surface area contributed by atoms with Crippen molar-refractivity contribution in [1.29, 1.82) is 0 Å². The normalized spacial score (nSPS) is 10.3. The van der Waals surface area contributed by atoms with Gasteiger partial charge in [0.2, 0.25) is 0 Å². The first-order valence-electron chi connectivity index (χ1n) is 5.60. The molecule has 0 aliphatic carbocycles. The van der Waals surface area contributed by atoms with Crippen LogP contribution in [0.4, 0.5) is 15.8 Å². The summed E-state index contributed by atoms with van der Waals surface area (Å²) in [5, 5.41) is 2.74. The monoisotopic (exact) mass is 278 g/mol. The molecule has 2 aromatic carbocycles. The molecule has 2 aromatic rings. The number of hydrogen-bond acceptors (Lipinski definition) is 2. The molecule has 0 spiro atoms. The predicted molar refractivity (Wildman–Crippen MR) is 75.0 cm³/mol. The van der Waals surface area contributed by atoms with E-state index in [1.54, 1.807) is 12.1 Å². The molecule has 0 radical (unpaired) electrons. The molecular formula is C14H12ClFN2O. The summed E-state index contributed by atoms with van der Waals surface area (Å²) in [6.45, 7) is 1.86. The van der Waals surface area contributed by atoms with Gasteiger partial charge in [-0.05, 0) is 37.3 Å². The summed E-state index contributed by atoms with van der Waals surface area (Å²) in [4.78, 5) is 12.1. The van der Waals surface area contributed by atoms with Crippen LogP contribution in [-0.2, 0) is 0 Å². The summed E-state index contributed by atoms with van der Waals surface area (Å²) in [7, 11) is 0. The molecule has 0 saturated carbocycles. The van der Waals surface area contributed by atoms with Crippen molar-refractivity contribution < 1.29 is 9.18 Å². The molecule has 0 aliphatic rings. The summed E-state index contributed by atoms with van der Waals surface area (Å²) in [5.41, 5.74) is 7.75. The van der Waals surface area contributed by atoms with E-state index < -0.39 is 5.82 Å². The van der Waals surface area contributed by atoms with Crippen molar-refractivity contribution in [3.63, 3.8) is 0 Å². The van der Waals surface area contributed by atoms with Crippen LogP contribution in [-0.4, -0.2) is 5.91 Å². The van der Waals surface area contributed by atoms with Gasteiger partial charge in [0.15, 0.2) is 0 Å². The highest BCUT2D eigenvalue weighted by Gasteiger charge is 2.12. The third-order valence-electron chi connectivity index (χ3n) is 2.63. The smallest absolute Gasteiger partial charge is 0.257 e. The maximum absolute atomic E-state index is 12.9. The fraction of sp³-hybridized carbons (Fsp3) is 0.0714. The minimum absolute atomic E-state index is 0.138. The maximum atomic E-state index is 12.9. The van der Waals surface area contributed by atoms with Crippen molar-refractivity contribution in [3.8, 4) is 0 Å². The Morgan fingerprint density at radius 1 is 1.26 bits per heavy atom. The highest BCUT2D eigenvalue weighted by atomic mass is 35.5. The van der Waals surface area contributed by atoms with Crippen LogP contribution >= 0.6 is 11.6 Å². The zero-order chi connectivity index (χ0) is 14.0. The molecule has 0 aromatic heterocycles. The van der Waals surface area contributed by atoms with Gasteiger partial charge in [0.1, 0.15) is 5.82 Å². The second kappa shape index (κ2) is 5.28. The fourth-order valence-corrected chi connectivity index (χ4v) is 1.86. The van der Waals surface area contributed by atoms with Crippen LogP contribution in [0.25, 0.3) is 0 Å². The van der Waals surface area contributed by atoms with Gasteiger partial charge in [0, 0.05) is 5.69 Å². The van der Waals surface area contributed by atoms with E-state index in [0.29, 0.717) is 16.9 Å². The van der Waals surface area contributed by atoms with Crippen LogP contribution in [0, 0.1) is 12.7 Å². The van der Waals surface area contributed by atoms with Gasteiger partial charge in [-0.3, -0.25) is 4.79 Å². The Kier molecular flexibility index (Phi) is 3.71. The van der Waals surface area contributed by atoms with Crippen LogP contribution in [0.5, 0.6) is 0 Å². The fourth-order valence-electron chi connectivity index (χ4n) is 1.65. The summed E-state index contributed by atoms with van der Waals surface area (Å²) in [6.07, 6.45) is 0. The van der Waals surface area contributed by atoms with E-state index in [2.05, 4.69) is 5.32 Å². The molecule has 3 nitrogen and oxygen atoms in total. The number of benzene rings is 2. The highest BCUT2D eigenvalue weighted by molar-refractivity contribution is 6.34. The van der Waals surface area contributed by atoms with Crippen molar-refractivity contribution in [3.05, 3.63) is 58.4 Å². The van der Waals surface area contributed by atoms with E-state index in [-0.39, 0.29) is 10.9 Å². The number of carbonyl (C=O) groups excluding carboxylic acids is 1. The van der Waals surface area contributed by atoms with E-state index in [9.17, 15) is 9.18 Å². The lowest BCUT2D eigenvalue weighted by atomic mass is 10.1. The van der Waals surface area contributed by atoms with Gasteiger partial charge in [-0.15, -0.1) is 0 Å². The lowest BCUT2D eigenvalue weighted by Gasteiger charge is -2.09. The molecule has 19 heavy (non-hydrogen) atoms. The van der Waals surface area contributed by atoms with Gasteiger partial charge >= 0.3 is 0 Å². The Balaban J connectivity index is 2.28. The zero-order valence-electron chi connectivity index (χ0n) is 10.2. The summed E-state index contributed by atoms with van der Waals surface area (Å²) in [6, 6.07) is 8.93. The van der Waals surface area contributed by atoms with Gasteiger partial charge < -0.3 is 11.1 Å². The third-order valence-corrected chi connectivity index (χ3v) is 2.95. The number of nitrogens with two attached hydrogens (primary N) is 1. The second-order valence-electron chi connectivity index (χ2n) is 4.17. The first kappa shape index (κ1) is 13.4. The third kappa shape index (κ3) is 3.03. The molecular weight excluding hydrogens is 267 g/mol. The summed E-state index contributed by atoms with van der Waals surface area (Å²) in [5.74, 6) is -0.840. The van der Waals surface area contributed by atoms with Gasteiger partial charge in [-0.1, -0.05) is 23.2 Å². The first-order chi connectivity index (χ1) is 8.97. The number of hydrogen-bond donors (Lipinski definition) is 2. The van der Waals surface area contributed by atoms with E-state index in [1.165, 1.54) is 12.1 Å². The quantitative estimate of drug-likeness (QED) is 0.824. The van der Waals surface area contributed by atoms with E-state index >= 15 is 0 Å². The van der Waals surface area contributed by atoms with Crippen molar-refractivity contribution in [2.75, 3.05) is 11.1 Å². The Labute approximate surface area is 115 Å². The van der Waals surface area contributed by atoms with Crippen LogP contribution in [0.1, 0.15) is 15.9 Å². The summed E-state index contributed by atoms with van der Waals surface area (Å²) < 4.78 is 12.9. The van der Waals surface area contributed by atoms with Gasteiger partial charge in [0.25, 0.3) is 5.91 Å². The van der Waals surface area contributed by atoms with Crippen molar-refractivity contribution in [2.24, 2.45) is 0 Å². The number of anilines is 2. The standard InChI is InChI=1S/C14H12ClFN2O/c1-8-2-4-12(17)10(6-8)14(19)18-13-5-3-9(16)7-11(13)15/h2-7H,17H2,1H3,(H,18,19). The number of nitrogen functional groups attached to an aromatic ring is 1. The number of rotatable bonds is 2. The van der Waals surface area contributed by atoms with Gasteiger partial charge in [-0.25, -0.2) is 4.39 Å². The van der Waals surface area contributed by atoms with Gasteiger partial charge in [0.05, 0.1) is 16.3 Å². The highest BCUT2D eigenvalue weighted by Crippen LogP contribution is 2.24. The Morgan fingerprint density at radius 2 is 2.00 bits per heavy atom. The number of nitrogens with one attached hydrogen (secondary N) is 1. The number of carbonyl (C=O) groups is 1. The van der Waals surface area contributed by atoms with Crippen LogP contribution in [0.3, 0.4) is 0 Å². The molecule has 0 saturated heterocycles. The lowest BCUT2D eigenvalue weighted by molar-refractivity contribution is 0.102. The van der Waals surface area contributed by atoms with E-state index in [1.807, 2.05) is 13.0 Å². The minimum Gasteiger partial charge on any atom is -0.398 e. The number of halogens is 2. The average molecular weight is 279 g/mol. The van der Waals surface area contributed by atoms with Crippen LogP contribution in [0.15, 0.2) is 36.4 Å². The molecule has 0 fully saturated rings. The summed E-state index contributed by atoms with van der Waals surface area (Å²) >= 11 is 5.85.